The largest absolute Gasteiger partial charge is 0.328 e. The highest BCUT2D eigenvalue weighted by molar-refractivity contribution is 4.83. The van der Waals surface area contributed by atoms with Gasteiger partial charge in [0.05, 0.1) is 0 Å². The molecule has 0 aromatic heterocycles. The van der Waals surface area contributed by atoms with Gasteiger partial charge in [0.15, 0.2) is 0 Å². The van der Waals surface area contributed by atoms with E-state index in [0.717, 1.165) is 17.9 Å². The van der Waals surface area contributed by atoms with Gasteiger partial charge in [0.1, 0.15) is 0 Å². The van der Waals surface area contributed by atoms with E-state index in [9.17, 15) is 0 Å². The van der Waals surface area contributed by atoms with E-state index in [0.29, 0.717) is 6.04 Å². The van der Waals surface area contributed by atoms with Crippen LogP contribution >= 0.6 is 0 Å². The molecule has 0 aromatic rings. The van der Waals surface area contributed by atoms with Gasteiger partial charge in [-0.1, -0.05) is 13.8 Å². The topological polar surface area (TPSA) is 29.3 Å². The van der Waals surface area contributed by atoms with Crippen LogP contribution in [0.15, 0.2) is 0 Å². The molecule has 0 aliphatic heterocycles. The molecule has 15 heavy (non-hydrogen) atoms. The van der Waals surface area contributed by atoms with Crippen molar-refractivity contribution in [2.75, 3.05) is 14.1 Å². The van der Waals surface area contributed by atoms with Gasteiger partial charge in [-0.05, 0) is 58.0 Å². The Morgan fingerprint density at radius 3 is 2.07 bits per heavy atom. The summed E-state index contributed by atoms with van der Waals surface area (Å²) in [5, 5.41) is 0. The second-order valence-electron chi connectivity index (χ2n) is 5.84. The summed E-state index contributed by atoms with van der Waals surface area (Å²) in [4.78, 5) is 2.42. The molecule has 0 spiro atoms. The van der Waals surface area contributed by atoms with E-state index in [1.165, 1.54) is 32.1 Å². The summed E-state index contributed by atoms with van der Waals surface area (Å²) in [7, 11) is 4.45. The lowest BCUT2D eigenvalue weighted by Crippen LogP contribution is -2.40. The fourth-order valence-corrected chi connectivity index (χ4v) is 2.84. The highest BCUT2D eigenvalue weighted by Crippen LogP contribution is 2.30. The standard InChI is InChI=1S/C13H28N2/c1-10(2)9-13(15(3)4)11-5-7-12(14)8-6-11/h10-13H,5-9,14H2,1-4H3. The molecule has 0 aromatic carbocycles. The lowest BCUT2D eigenvalue weighted by Gasteiger charge is -2.37. The summed E-state index contributed by atoms with van der Waals surface area (Å²) >= 11 is 0. The minimum absolute atomic E-state index is 0.475. The molecule has 1 aliphatic carbocycles. The summed E-state index contributed by atoms with van der Waals surface area (Å²) in [6, 6.07) is 1.24. The van der Waals surface area contributed by atoms with E-state index in [4.69, 9.17) is 5.73 Å². The molecule has 1 saturated carbocycles. The zero-order valence-corrected chi connectivity index (χ0v) is 10.9. The van der Waals surface area contributed by atoms with Gasteiger partial charge in [0.25, 0.3) is 0 Å². The Kier molecular flexibility index (Phi) is 5.07. The van der Waals surface area contributed by atoms with Gasteiger partial charge >= 0.3 is 0 Å². The van der Waals surface area contributed by atoms with Crippen molar-refractivity contribution < 1.29 is 0 Å². The maximum Gasteiger partial charge on any atom is 0.0120 e. The van der Waals surface area contributed by atoms with Crippen LogP contribution in [0.4, 0.5) is 0 Å². The van der Waals surface area contributed by atoms with Crippen molar-refractivity contribution in [2.45, 2.75) is 58.0 Å². The molecule has 90 valence electrons. The number of hydrogen-bond donors (Lipinski definition) is 1. The maximum atomic E-state index is 5.96. The van der Waals surface area contributed by atoms with Gasteiger partial charge in [-0.3, -0.25) is 0 Å². The Bertz CT molecular complexity index is 169. The molecule has 1 rings (SSSR count). The molecule has 2 N–H and O–H groups in total. The first-order valence-electron chi connectivity index (χ1n) is 6.42. The summed E-state index contributed by atoms with van der Waals surface area (Å²) in [5.74, 6) is 1.68. The van der Waals surface area contributed by atoms with Gasteiger partial charge in [-0.25, -0.2) is 0 Å². The Morgan fingerprint density at radius 1 is 1.13 bits per heavy atom. The molecule has 0 bridgehead atoms. The molecule has 2 nitrogen and oxygen atoms in total. The molecule has 0 saturated heterocycles. The van der Waals surface area contributed by atoms with Crippen molar-refractivity contribution in [2.24, 2.45) is 17.6 Å². The predicted octanol–water partition coefficient (Wildman–Crippen LogP) is 2.48. The average molecular weight is 212 g/mol. The van der Waals surface area contributed by atoms with Gasteiger partial charge in [-0.2, -0.15) is 0 Å². The van der Waals surface area contributed by atoms with Crippen LogP contribution in [0, 0.1) is 11.8 Å². The minimum atomic E-state index is 0.475. The average Bonchev–Trinajstić information content (AvgIpc) is 2.15. The Hall–Kier alpha value is -0.0800. The molecule has 0 radical (unpaired) electrons. The van der Waals surface area contributed by atoms with Crippen LogP contribution in [0.2, 0.25) is 0 Å². The fourth-order valence-electron chi connectivity index (χ4n) is 2.84. The molecular formula is C13H28N2. The van der Waals surface area contributed by atoms with Crippen LogP contribution in [0.1, 0.15) is 46.0 Å². The fraction of sp³-hybridized carbons (Fsp3) is 1.00. The third kappa shape index (κ3) is 4.12. The van der Waals surface area contributed by atoms with E-state index in [-0.39, 0.29) is 0 Å². The molecular weight excluding hydrogens is 184 g/mol. The Labute approximate surface area is 95.2 Å². The number of rotatable bonds is 4. The molecule has 1 atom stereocenters. The van der Waals surface area contributed by atoms with Crippen LogP contribution in [0.3, 0.4) is 0 Å². The SMILES string of the molecule is CC(C)CC(C1CCC(N)CC1)N(C)C. The minimum Gasteiger partial charge on any atom is -0.328 e. The smallest absolute Gasteiger partial charge is 0.0120 e. The second-order valence-corrected chi connectivity index (χ2v) is 5.84. The zero-order chi connectivity index (χ0) is 11.4. The van der Waals surface area contributed by atoms with Crippen molar-refractivity contribution >= 4 is 0 Å². The summed E-state index contributed by atoms with van der Waals surface area (Å²) in [5.41, 5.74) is 5.96. The predicted molar refractivity (Wildman–Crippen MR) is 66.9 cm³/mol. The summed E-state index contributed by atoms with van der Waals surface area (Å²) < 4.78 is 0. The highest BCUT2D eigenvalue weighted by Gasteiger charge is 2.27. The van der Waals surface area contributed by atoms with Crippen molar-refractivity contribution in [3.05, 3.63) is 0 Å². The highest BCUT2D eigenvalue weighted by atomic mass is 15.1. The third-order valence-corrected chi connectivity index (χ3v) is 3.74. The van der Waals surface area contributed by atoms with Crippen molar-refractivity contribution in [1.29, 1.82) is 0 Å². The lowest BCUT2D eigenvalue weighted by atomic mass is 9.79. The second kappa shape index (κ2) is 5.86. The normalized spacial score (nSPS) is 29.8. The number of hydrogen-bond acceptors (Lipinski definition) is 2. The molecule has 0 heterocycles. The number of nitrogens with two attached hydrogens (primary N) is 1. The van der Waals surface area contributed by atoms with Crippen LogP contribution in [-0.2, 0) is 0 Å². The van der Waals surface area contributed by atoms with E-state index in [2.05, 4.69) is 32.8 Å². The first kappa shape index (κ1) is 13.0. The van der Waals surface area contributed by atoms with Crippen molar-refractivity contribution in [3.8, 4) is 0 Å². The quantitative estimate of drug-likeness (QED) is 0.776. The number of nitrogens with zero attached hydrogens (tertiary/aromatic N) is 1. The molecule has 1 aliphatic rings. The van der Waals surface area contributed by atoms with E-state index in [1.54, 1.807) is 0 Å². The van der Waals surface area contributed by atoms with E-state index >= 15 is 0 Å². The van der Waals surface area contributed by atoms with E-state index < -0.39 is 0 Å². The Balaban J connectivity index is 2.48. The molecule has 0 amide bonds. The van der Waals surface area contributed by atoms with Crippen LogP contribution in [0.5, 0.6) is 0 Å². The van der Waals surface area contributed by atoms with Gasteiger partial charge < -0.3 is 10.6 Å². The lowest BCUT2D eigenvalue weighted by molar-refractivity contribution is 0.142. The monoisotopic (exact) mass is 212 g/mol. The third-order valence-electron chi connectivity index (χ3n) is 3.74. The summed E-state index contributed by atoms with van der Waals surface area (Å²) in [6.45, 7) is 4.65. The zero-order valence-electron chi connectivity index (χ0n) is 10.9. The van der Waals surface area contributed by atoms with Gasteiger partial charge in [0, 0.05) is 12.1 Å². The van der Waals surface area contributed by atoms with Gasteiger partial charge in [0.2, 0.25) is 0 Å². The van der Waals surface area contributed by atoms with E-state index in [1.807, 2.05) is 0 Å². The van der Waals surface area contributed by atoms with Crippen LogP contribution in [-0.4, -0.2) is 31.1 Å². The first-order valence-corrected chi connectivity index (χ1v) is 6.42. The molecule has 1 unspecified atom stereocenters. The van der Waals surface area contributed by atoms with Crippen molar-refractivity contribution in [3.63, 3.8) is 0 Å². The summed E-state index contributed by atoms with van der Waals surface area (Å²) in [6.07, 6.45) is 6.45. The van der Waals surface area contributed by atoms with Crippen molar-refractivity contribution in [1.82, 2.24) is 4.90 Å². The van der Waals surface area contributed by atoms with Crippen LogP contribution in [0.25, 0.3) is 0 Å². The Morgan fingerprint density at radius 2 is 1.67 bits per heavy atom. The molecule has 1 fully saturated rings. The van der Waals surface area contributed by atoms with Crippen LogP contribution < -0.4 is 5.73 Å². The molecule has 2 heteroatoms. The van der Waals surface area contributed by atoms with Gasteiger partial charge in [-0.15, -0.1) is 0 Å². The maximum absolute atomic E-state index is 5.96. The first-order chi connectivity index (χ1) is 7.00.